The summed E-state index contributed by atoms with van der Waals surface area (Å²) in [6, 6.07) is 6.82. The number of hydrogen-bond acceptors (Lipinski definition) is 3. The largest absolute Gasteiger partial charge is 0.493 e. The van der Waals surface area contributed by atoms with Gasteiger partial charge in [-0.3, -0.25) is 0 Å². The highest BCUT2D eigenvalue weighted by atomic mass is 79.9. The van der Waals surface area contributed by atoms with E-state index in [4.69, 9.17) is 9.84 Å². The smallest absolute Gasteiger partial charge is 0.123 e. The zero-order valence-corrected chi connectivity index (χ0v) is 12.1. The second-order valence-electron chi connectivity index (χ2n) is 4.69. The summed E-state index contributed by atoms with van der Waals surface area (Å²) >= 11 is 3.50. The Labute approximate surface area is 117 Å². The molecule has 4 heteroatoms. The van der Waals surface area contributed by atoms with Gasteiger partial charge < -0.3 is 15.2 Å². The van der Waals surface area contributed by atoms with Gasteiger partial charge in [-0.05, 0) is 43.9 Å². The maximum Gasteiger partial charge on any atom is 0.123 e. The van der Waals surface area contributed by atoms with Crippen molar-refractivity contribution in [3.63, 3.8) is 0 Å². The van der Waals surface area contributed by atoms with Gasteiger partial charge in [0.1, 0.15) is 5.75 Å². The van der Waals surface area contributed by atoms with Gasteiger partial charge in [0.15, 0.2) is 0 Å². The zero-order chi connectivity index (χ0) is 12.8. The highest BCUT2D eigenvalue weighted by Crippen LogP contribution is 2.25. The van der Waals surface area contributed by atoms with Crippen LogP contribution < -0.4 is 10.1 Å². The van der Waals surface area contributed by atoms with E-state index in [0.29, 0.717) is 12.6 Å². The molecule has 1 saturated carbocycles. The third-order valence-electron chi connectivity index (χ3n) is 2.99. The van der Waals surface area contributed by atoms with Gasteiger partial charge in [-0.25, -0.2) is 0 Å². The third kappa shape index (κ3) is 4.59. The summed E-state index contributed by atoms with van der Waals surface area (Å²) < 4.78 is 6.86. The van der Waals surface area contributed by atoms with E-state index in [-0.39, 0.29) is 6.61 Å². The van der Waals surface area contributed by atoms with Crippen LogP contribution in [0.2, 0.25) is 0 Å². The molecule has 0 aromatic heterocycles. The minimum absolute atomic E-state index is 0.236. The standard InChI is InChI=1S/C14H20BrNO2/c15-12-3-6-14(18-8-2-1-7-17)11(9-12)10-16-13-4-5-13/h3,6,9,13,16-17H,1-2,4-5,7-8,10H2. The fourth-order valence-corrected chi connectivity index (χ4v) is 2.17. The van der Waals surface area contributed by atoms with Crippen molar-refractivity contribution in [2.75, 3.05) is 13.2 Å². The van der Waals surface area contributed by atoms with E-state index in [1.807, 2.05) is 12.1 Å². The minimum atomic E-state index is 0.236. The summed E-state index contributed by atoms with van der Waals surface area (Å²) in [7, 11) is 0. The lowest BCUT2D eigenvalue weighted by atomic mass is 10.2. The number of hydrogen-bond donors (Lipinski definition) is 2. The molecule has 0 radical (unpaired) electrons. The monoisotopic (exact) mass is 313 g/mol. The topological polar surface area (TPSA) is 41.5 Å². The molecule has 0 amide bonds. The van der Waals surface area contributed by atoms with Crippen LogP contribution in [0.15, 0.2) is 22.7 Å². The molecule has 1 aromatic rings. The molecular weight excluding hydrogens is 294 g/mol. The molecule has 0 atom stereocenters. The van der Waals surface area contributed by atoms with Crippen molar-refractivity contribution in [3.05, 3.63) is 28.2 Å². The van der Waals surface area contributed by atoms with Crippen molar-refractivity contribution in [1.82, 2.24) is 5.32 Å². The lowest BCUT2D eigenvalue weighted by molar-refractivity contribution is 0.252. The number of aliphatic hydroxyl groups is 1. The summed E-state index contributed by atoms with van der Waals surface area (Å²) in [6.07, 6.45) is 4.27. The number of unbranched alkanes of at least 4 members (excludes halogenated alkanes) is 1. The molecule has 1 aliphatic rings. The van der Waals surface area contributed by atoms with Crippen molar-refractivity contribution in [3.8, 4) is 5.75 Å². The number of halogens is 1. The molecule has 18 heavy (non-hydrogen) atoms. The van der Waals surface area contributed by atoms with Gasteiger partial charge >= 0.3 is 0 Å². The molecule has 100 valence electrons. The number of aliphatic hydroxyl groups excluding tert-OH is 1. The van der Waals surface area contributed by atoms with Crippen molar-refractivity contribution in [2.24, 2.45) is 0 Å². The SMILES string of the molecule is OCCCCOc1ccc(Br)cc1CNC1CC1. The Morgan fingerprint density at radius 2 is 2.17 bits per heavy atom. The van der Waals surface area contributed by atoms with Crippen LogP contribution in [0.4, 0.5) is 0 Å². The van der Waals surface area contributed by atoms with Crippen LogP contribution in [0.3, 0.4) is 0 Å². The van der Waals surface area contributed by atoms with E-state index in [0.717, 1.165) is 29.6 Å². The van der Waals surface area contributed by atoms with Crippen LogP contribution in [-0.2, 0) is 6.54 Å². The molecule has 0 unspecified atom stereocenters. The fourth-order valence-electron chi connectivity index (χ4n) is 1.76. The average molecular weight is 314 g/mol. The van der Waals surface area contributed by atoms with Crippen molar-refractivity contribution < 1.29 is 9.84 Å². The minimum Gasteiger partial charge on any atom is -0.493 e. The lowest BCUT2D eigenvalue weighted by Crippen LogP contribution is -2.16. The zero-order valence-electron chi connectivity index (χ0n) is 10.5. The first-order valence-electron chi connectivity index (χ1n) is 6.55. The van der Waals surface area contributed by atoms with Gasteiger partial charge in [0.2, 0.25) is 0 Å². The predicted molar refractivity (Wildman–Crippen MR) is 75.8 cm³/mol. The summed E-state index contributed by atoms with van der Waals surface area (Å²) in [6.45, 7) is 1.76. The Balaban J connectivity index is 1.88. The molecule has 2 N–H and O–H groups in total. The molecule has 1 aliphatic carbocycles. The first-order chi connectivity index (χ1) is 8.79. The quantitative estimate of drug-likeness (QED) is 0.725. The van der Waals surface area contributed by atoms with Crippen LogP contribution in [-0.4, -0.2) is 24.4 Å². The molecule has 1 aromatic carbocycles. The number of nitrogens with one attached hydrogen (secondary N) is 1. The Bertz CT molecular complexity index is 380. The van der Waals surface area contributed by atoms with Gasteiger partial charge in [0, 0.05) is 29.2 Å². The van der Waals surface area contributed by atoms with Gasteiger partial charge in [-0.15, -0.1) is 0 Å². The first-order valence-corrected chi connectivity index (χ1v) is 7.34. The third-order valence-corrected chi connectivity index (χ3v) is 3.48. The lowest BCUT2D eigenvalue weighted by Gasteiger charge is -2.12. The summed E-state index contributed by atoms with van der Waals surface area (Å²) in [5.74, 6) is 0.948. The van der Waals surface area contributed by atoms with E-state index in [9.17, 15) is 0 Å². The molecular formula is C14H20BrNO2. The van der Waals surface area contributed by atoms with Gasteiger partial charge in [-0.2, -0.15) is 0 Å². The van der Waals surface area contributed by atoms with Crippen LogP contribution >= 0.6 is 15.9 Å². The van der Waals surface area contributed by atoms with E-state index in [1.165, 1.54) is 18.4 Å². The highest BCUT2D eigenvalue weighted by molar-refractivity contribution is 9.10. The van der Waals surface area contributed by atoms with Gasteiger partial charge in [0.05, 0.1) is 6.61 Å². The van der Waals surface area contributed by atoms with Crippen molar-refractivity contribution >= 4 is 15.9 Å². The summed E-state index contributed by atoms with van der Waals surface area (Å²) in [5, 5.41) is 12.2. The van der Waals surface area contributed by atoms with E-state index < -0.39 is 0 Å². The maximum atomic E-state index is 8.73. The molecule has 0 aliphatic heterocycles. The van der Waals surface area contributed by atoms with Crippen LogP contribution in [0.25, 0.3) is 0 Å². The van der Waals surface area contributed by atoms with Crippen molar-refractivity contribution in [1.29, 1.82) is 0 Å². The van der Waals surface area contributed by atoms with Crippen LogP contribution in [0.1, 0.15) is 31.2 Å². The average Bonchev–Trinajstić information content (AvgIpc) is 3.18. The Hall–Kier alpha value is -0.580. The highest BCUT2D eigenvalue weighted by Gasteiger charge is 2.20. The first kappa shape index (κ1) is 13.8. The second-order valence-corrected chi connectivity index (χ2v) is 5.60. The van der Waals surface area contributed by atoms with Crippen LogP contribution in [0.5, 0.6) is 5.75 Å². The fraction of sp³-hybridized carbons (Fsp3) is 0.571. The van der Waals surface area contributed by atoms with Crippen LogP contribution in [0, 0.1) is 0 Å². The number of rotatable bonds is 8. The predicted octanol–water partition coefficient (Wildman–Crippen LogP) is 2.85. The Morgan fingerprint density at radius 3 is 2.89 bits per heavy atom. The van der Waals surface area contributed by atoms with Gasteiger partial charge in [-0.1, -0.05) is 15.9 Å². The molecule has 3 nitrogen and oxygen atoms in total. The van der Waals surface area contributed by atoms with E-state index in [1.54, 1.807) is 0 Å². The van der Waals surface area contributed by atoms with E-state index in [2.05, 4.69) is 27.3 Å². The van der Waals surface area contributed by atoms with E-state index >= 15 is 0 Å². The Morgan fingerprint density at radius 1 is 1.33 bits per heavy atom. The Kier molecular flexibility index (Phi) is 5.47. The summed E-state index contributed by atoms with van der Waals surface area (Å²) in [5.41, 5.74) is 1.19. The molecule has 1 fully saturated rings. The molecule has 0 saturated heterocycles. The van der Waals surface area contributed by atoms with Crippen molar-refractivity contribution in [2.45, 2.75) is 38.3 Å². The molecule has 0 heterocycles. The number of ether oxygens (including phenoxy) is 1. The molecule has 0 bridgehead atoms. The number of benzene rings is 1. The normalized spacial score (nSPS) is 14.8. The molecule has 0 spiro atoms. The summed E-state index contributed by atoms with van der Waals surface area (Å²) in [4.78, 5) is 0. The molecule has 2 rings (SSSR count). The second kappa shape index (κ2) is 7.12. The van der Waals surface area contributed by atoms with Gasteiger partial charge in [0.25, 0.3) is 0 Å². The maximum absolute atomic E-state index is 8.73.